The molecule has 27 heavy (non-hydrogen) atoms. The highest BCUT2D eigenvalue weighted by molar-refractivity contribution is 5.90. The van der Waals surface area contributed by atoms with Crippen molar-refractivity contribution in [1.29, 1.82) is 0 Å². The van der Waals surface area contributed by atoms with Crippen molar-refractivity contribution in [2.75, 3.05) is 0 Å². The highest BCUT2D eigenvalue weighted by atomic mass is 16.3. The predicted octanol–water partition coefficient (Wildman–Crippen LogP) is 5.94. The molecular weight excluding hydrogens is 330 g/mol. The molecule has 0 bridgehead atoms. The highest BCUT2D eigenvalue weighted by Gasteiger charge is 2.16. The van der Waals surface area contributed by atoms with Crippen molar-refractivity contribution in [1.82, 2.24) is 4.57 Å². The second-order valence-corrected chi connectivity index (χ2v) is 7.13. The van der Waals surface area contributed by atoms with Gasteiger partial charge in [0.05, 0.1) is 0 Å². The first-order valence-electron chi connectivity index (χ1n) is 9.66. The van der Waals surface area contributed by atoms with E-state index in [4.69, 9.17) is 0 Å². The number of aryl methyl sites for hydroxylation is 1. The van der Waals surface area contributed by atoms with E-state index in [9.17, 15) is 5.11 Å². The molecule has 0 fully saturated rings. The third-order valence-corrected chi connectivity index (χ3v) is 5.13. The number of hydrogen-bond donors (Lipinski definition) is 1. The number of aromatic nitrogens is 1. The number of fused-ring (bicyclic) bond motifs is 1. The second kappa shape index (κ2) is 7.71. The van der Waals surface area contributed by atoms with Crippen LogP contribution in [0.25, 0.3) is 10.9 Å². The fourth-order valence-corrected chi connectivity index (χ4v) is 3.90. The number of aromatic hydroxyl groups is 1. The molecule has 0 radical (unpaired) electrons. The molecule has 2 nitrogen and oxygen atoms in total. The SMILES string of the molecule is CCCn1cc(Cc2ccccc2)c2c(Cc3ccccc3)c(O)ccc21. The zero-order valence-corrected chi connectivity index (χ0v) is 15.7. The molecular formula is C25H25NO. The molecule has 4 aromatic rings. The molecule has 0 spiro atoms. The first kappa shape index (κ1) is 17.4. The molecule has 1 heterocycles. The van der Waals surface area contributed by atoms with Crippen molar-refractivity contribution >= 4 is 10.9 Å². The molecule has 3 aromatic carbocycles. The number of nitrogens with zero attached hydrogens (tertiary/aromatic N) is 1. The van der Waals surface area contributed by atoms with Crippen molar-refractivity contribution < 1.29 is 5.11 Å². The monoisotopic (exact) mass is 355 g/mol. The highest BCUT2D eigenvalue weighted by Crippen LogP contribution is 2.34. The van der Waals surface area contributed by atoms with Crippen LogP contribution in [0, 0.1) is 0 Å². The van der Waals surface area contributed by atoms with Gasteiger partial charge in [0.25, 0.3) is 0 Å². The van der Waals surface area contributed by atoms with E-state index in [-0.39, 0.29) is 0 Å². The van der Waals surface area contributed by atoms with Gasteiger partial charge in [-0.15, -0.1) is 0 Å². The van der Waals surface area contributed by atoms with Crippen LogP contribution < -0.4 is 0 Å². The molecule has 2 heteroatoms. The van der Waals surface area contributed by atoms with Crippen molar-refractivity contribution in [3.05, 3.63) is 101 Å². The van der Waals surface area contributed by atoms with Crippen LogP contribution in [0.5, 0.6) is 5.75 Å². The Morgan fingerprint density at radius 1 is 0.778 bits per heavy atom. The summed E-state index contributed by atoms with van der Waals surface area (Å²) in [5, 5.41) is 11.9. The molecule has 0 aliphatic rings. The number of rotatable bonds is 6. The maximum absolute atomic E-state index is 10.7. The molecule has 0 atom stereocenters. The number of phenols is 1. The van der Waals surface area contributed by atoms with Crippen LogP contribution in [-0.2, 0) is 19.4 Å². The molecule has 4 rings (SSSR count). The van der Waals surface area contributed by atoms with E-state index in [1.807, 2.05) is 12.1 Å². The van der Waals surface area contributed by atoms with Gasteiger partial charge in [0.2, 0.25) is 0 Å². The van der Waals surface area contributed by atoms with E-state index in [1.165, 1.54) is 27.6 Å². The van der Waals surface area contributed by atoms with E-state index < -0.39 is 0 Å². The maximum atomic E-state index is 10.7. The molecule has 1 N–H and O–H groups in total. The van der Waals surface area contributed by atoms with Gasteiger partial charge in [-0.05, 0) is 41.7 Å². The smallest absolute Gasteiger partial charge is 0.119 e. The van der Waals surface area contributed by atoms with Gasteiger partial charge in [0.1, 0.15) is 5.75 Å². The molecule has 136 valence electrons. The first-order chi connectivity index (χ1) is 13.3. The largest absolute Gasteiger partial charge is 0.508 e. The van der Waals surface area contributed by atoms with Crippen LogP contribution >= 0.6 is 0 Å². The summed E-state index contributed by atoms with van der Waals surface area (Å²) in [5.74, 6) is 0.384. The standard InChI is InChI=1S/C25H25NO/c1-2-15-26-18-21(16-19-9-5-3-6-10-19)25-22(24(27)14-13-23(25)26)17-20-11-7-4-8-12-20/h3-14,18,27H,2,15-17H2,1H3. The summed E-state index contributed by atoms with van der Waals surface area (Å²) in [6.07, 6.45) is 4.97. The molecule has 0 aliphatic heterocycles. The van der Waals surface area contributed by atoms with Crippen molar-refractivity contribution in [2.24, 2.45) is 0 Å². The Morgan fingerprint density at radius 2 is 1.41 bits per heavy atom. The molecule has 0 amide bonds. The summed E-state index contributed by atoms with van der Waals surface area (Å²) in [6, 6.07) is 24.9. The van der Waals surface area contributed by atoms with Gasteiger partial charge in [-0.3, -0.25) is 0 Å². The quantitative estimate of drug-likeness (QED) is 0.455. The van der Waals surface area contributed by atoms with Crippen LogP contribution in [0.15, 0.2) is 79.0 Å². The van der Waals surface area contributed by atoms with Crippen LogP contribution in [-0.4, -0.2) is 9.67 Å². The number of benzene rings is 3. The summed E-state index contributed by atoms with van der Waals surface area (Å²) >= 11 is 0. The molecule has 0 saturated carbocycles. The Kier molecular flexibility index (Phi) is 4.97. The van der Waals surface area contributed by atoms with Gasteiger partial charge in [0, 0.05) is 35.6 Å². The molecule has 0 saturated heterocycles. The molecule has 1 aromatic heterocycles. The zero-order valence-electron chi connectivity index (χ0n) is 15.7. The summed E-state index contributed by atoms with van der Waals surface area (Å²) in [5.41, 5.74) is 6.04. The minimum atomic E-state index is 0.384. The van der Waals surface area contributed by atoms with Gasteiger partial charge < -0.3 is 9.67 Å². The Labute approximate surface area is 160 Å². The van der Waals surface area contributed by atoms with E-state index in [0.717, 1.165) is 31.4 Å². The zero-order chi connectivity index (χ0) is 18.6. The summed E-state index contributed by atoms with van der Waals surface area (Å²) in [6.45, 7) is 3.19. The van der Waals surface area contributed by atoms with Crippen LogP contribution in [0.2, 0.25) is 0 Å². The lowest BCUT2D eigenvalue weighted by Crippen LogP contribution is -1.95. The topological polar surface area (TPSA) is 25.2 Å². The van der Waals surface area contributed by atoms with E-state index in [0.29, 0.717) is 5.75 Å². The van der Waals surface area contributed by atoms with Crippen molar-refractivity contribution in [3.63, 3.8) is 0 Å². The third-order valence-electron chi connectivity index (χ3n) is 5.13. The van der Waals surface area contributed by atoms with Gasteiger partial charge in [-0.1, -0.05) is 67.6 Å². The number of hydrogen-bond acceptors (Lipinski definition) is 1. The Morgan fingerprint density at radius 3 is 2.04 bits per heavy atom. The minimum absolute atomic E-state index is 0.384. The third kappa shape index (κ3) is 3.61. The minimum Gasteiger partial charge on any atom is -0.508 e. The van der Waals surface area contributed by atoms with Gasteiger partial charge in [-0.25, -0.2) is 0 Å². The molecule has 0 aliphatic carbocycles. The summed E-state index contributed by atoms with van der Waals surface area (Å²) in [4.78, 5) is 0. The van der Waals surface area contributed by atoms with Crippen molar-refractivity contribution in [3.8, 4) is 5.75 Å². The van der Waals surface area contributed by atoms with E-state index in [1.54, 1.807) is 0 Å². The average Bonchev–Trinajstić information content (AvgIpc) is 3.03. The van der Waals surface area contributed by atoms with Crippen LogP contribution in [0.3, 0.4) is 0 Å². The number of phenolic OH excluding ortho intramolecular Hbond substituents is 1. The van der Waals surface area contributed by atoms with Crippen molar-refractivity contribution in [2.45, 2.75) is 32.7 Å². The lowest BCUT2D eigenvalue weighted by Gasteiger charge is -2.10. The predicted molar refractivity (Wildman–Crippen MR) is 112 cm³/mol. The lowest BCUT2D eigenvalue weighted by atomic mass is 9.96. The fraction of sp³-hybridized carbons (Fsp3) is 0.200. The normalized spacial score (nSPS) is 11.1. The van der Waals surface area contributed by atoms with Gasteiger partial charge in [0.15, 0.2) is 0 Å². The first-order valence-corrected chi connectivity index (χ1v) is 9.66. The van der Waals surface area contributed by atoms with Gasteiger partial charge in [-0.2, -0.15) is 0 Å². The fourth-order valence-electron chi connectivity index (χ4n) is 3.90. The summed E-state index contributed by atoms with van der Waals surface area (Å²) in [7, 11) is 0. The Hall–Kier alpha value is -3.00. The Balaban J connectivity index is 1.86. The van der Waals surface area contributed by atoms with Crippen LogP contribution in [0.4, 0.5) is 0 Å². The molecule has 0 unspecified atom stereocenters. The second-order valence-electron chi connectivity index (χ2n) is 7.13. The van der Waals surface area contributed by atoms with Gasteiger partial charge >= 0.3 is 0 Å². The van der Waals surface area contributed by atoms with Crippen LogP contribution in [0.1, 0.15) is 35.6 Å². The maximum Gasteiger partial charge on any atom is 0.119 e. The van der Waals surface area contributed by atoms with E-state index in [2.05, 4.69) is 78.4 Å². The van der Waals surface area contributed by atoms with E-state index >= 15 is 0 Å². The summed E-state index contributed by atoms with van der Waals surface area (Å²) < 4.78 is 2.33. The lowest BCUT2D eigenvalue weighted by molar-refractivity contribution is 0.470. The Bertz CT molecular complexity index is 1030. The average molecular weight is 355 g/mol.